The number of esters is 1. The zero-order chi connectivity index (χ0) is 18.1. The maximum absolute atomic E-state index is 13.1. The summed E-state index contributed by atoms with van der Waals surface area (Å²) in [6.07, 6.45) is 6.87. The van der Waals surface area contributed by atoms with Crippen LogP contribution in [0, 0.1) is 0 Å². The zero-order valence-corrected chi connectivity index (χ0v) is 16.2. The van der Waals surface area contributed by atoms with Gasteiger partial charge in [-0.25, -0.2) is 9.48 Å². The van der Waals surface area contributed by atoms with Crippen molar-refractivity contribution in [2.45, 2.75) is 51.2 Å². The van der Waals surface area contributed by atoms with Crippen LogP contribution in [0.1, 0.15) is 50.6 Å². The Bertz CT molecular complexity index is 837. The molecule has 2 aliphatic rings. The number of anilines is 1. The van der Waals surface area contributed by atoms with Gasteiger partial charge in [0.05, 0.1) is 5.57 Å². The minimum Gasteiger partial charge on any atom is -0.459 e. The van der Waals surface area contributed by atoms with E-state index in [0.29, 0.717) is 11.5 Å². The molecule has 6 nitrogen and oxygen atoms in total. The molecule has 0 saturated heterocycles. The predicted octanol–water partition coefficient (Wildman–Crippen LogP) is 4.21. The molecule has 0 amide bonds. The van der Waals surface area contributed by atoms with Crippen molar-refractivity contribution in [1.82, 2.24) is 14.8 Å². The highest BCUT2D eigenvalue weighted by Crippen LogP contribution is 2.36. The summed E-state index contributed by atoms with van der Waals surface area (Å²) in [5.74, 6) is 0.362. The number of nitrogens with zero attached hydrogens (tertiary/aromatic N) is 3. The number of hydrogen-bond acceptors (Lipinski definition) is 5. The molecule has 1 atom stereocenters. The summed E-state index contributed by atoms with van der Waals surface area (Å²) in [5.41, 5.74) is 2.33. The molecule has 4 rings (SSSR count). The highest BCUT2D eigenvalue weighted by Gasteiger charge is 2.35. The predicted molar refractivity (Wildman–Crippen MR) is 102 cm³/mol. The first-order valence-electron chi connectivity index (χ1n) is 8.97. The van der Waals surface area contributed by atoms with E-state index in [1.165, 1.54) is 12.7 Å². The van der Waals surface area contributed by atoms with Gasteiger partial charge in [0.25, 0.3) is 0 Å². The van der Waals surface area contributed by atoms with Crippen molar-refractivity contribution in [1.29, 1.82) is 0 Å². The van der Waals surface area contributed by atoms with Gasteiger partial charge in [-0.05, 0) is 50.3 Å². The molecule has 1 saturated carbocycles. The van der Waals surface area contributed by atoms with Crippen LogP contribution in [-0.4, -0.2) is 26.8 Å². The minimum atomic E-state index is -0.349. The zero-order valence-electron chi connectivity index (χ0n) is 14.6. The van der Waals surface area contributed by atoms with Crippen LogP contribution in [0.4, 0.5) is 5.95 Å². The SMILES string of the molecule is CC1=C(C(=O)OC2CCCCC2)[C@H](c2ccc(Br)cc2)n2ncnc2N1. The van der Waals surface area contributed by atoms with E-state index < -0.39 is 0 Å². The fourth-order valence-corrected chi connectivity index (χ4v) is 3.97. The Hall–Kier alpha value is -2.15. The Balaban J connectivity index is 1.69. The Labute approximate surface area is 160 Å². The number of allylic oxidation sites excluding steroid dienone is 1. The van der Waals surface area contributed by atoms with Crippen molar-refractivity contribution < 1.29 is 9.53 Å². The highest BCUT2D eigenvalue weighted by molar-refractivity contribution is 9.10. The van der Waals surface area contributed by atoms with Crippen LogP contribution in [0.2, 0.25) is 0 Å². The number of fused-ring (bicyclic) bond motifs is 1. The first kappa shape index (κ1) is 17.3. The van der Waals surface area contributed by atoms with Crippen molar-refractivity contribution in [2.75, 3.05) is 5.32 Å². The summed E-state index contributed by atoms with van der Waals surface area (Å²) in [5, 5.41) is 7.52. The summed E-state index contributed by atoms with van der Waals surface area (Å²) < 4.78 is 8.59. The largest absolute Gasteiger partial charge is 0.459 e. The number of hydrogen-bond donors (Lipinski definition) is 1. The normalized spacial score (nSPS) is 20.5. The van der Waals surface area contributed by atoms with E-state index in [2.05, 4.69) is 31.3 Å². The molecule has 1 fully saturated rings. The van der Waals surface area contributed by atoms with E-state index in [-0.39, 0.29) is 18.1 Å². The molecule has 1 aromatic heterocycles. The lowest BCUT2D eigenvalue weighted by atomic mass is 9.95. The summed E-state index contributed by atoms with van der Waals surface area (Å²) in [4.78, 5) is 17.3. The molecule has 1 N–H and O–H groups in total. The van der Waals surface area contributed by atoms with E-state index in [1.54, 1.807) is 4.68 Å². The van der Waals surface area contributed by atoms with Gasteiger partial charge in [0.2, 0.25) is 5.95 Å². The van der Waals surface area contributed by atoms with Crippen LogP contribution in [0.5, 0.6) is 0 Å². The lowest BCUT2D eigenvalue weighted by molar-refractivity contribution is -0.146. The van der Waals surface area contributed by atoms with Gasteiger partial charge < -0.3 is 10.1 Å². The third kappa shape index (κ3) is 3.28. The number of ether oxygens (including phenoxy) is 1. The summed E-state index contributed by atoms with van der Waals surface area (Å²) in [6.45, 7) is 1.89. The summed E-state index contributed by atoms with van der Waals surface area (Å²) >= 11 is 3.46. The van der Waals surface area contributed by atoms with Gasteiger partial charge >= 0.3 is 5.97 Å². The van der Waals surface area contributed by atoms with Gasteiger partial charge in [0.15, 0.2) is 0 Å². The number of benzene rings is 1. The lowest BCUT2D eigenvalue weighted by Gasteiger charge is -2.30. The smallest absolute Gasteiger partial charge is 0.338 e. The fourth-order valence-electron chi connectivity index (χ4n) is 3.71. The quantitative estimate of drug-likeness (QED) is 0.758. The van der Waals surface area contributed by atoms with E-state index in [9.17, 15) is 4.79 Å². The standard InChI is InChI=1S/C19H21BrN4O2/c1-12-16(18(25)26-15-5-3-2-4-6-15)17(13-7-9-14(20)10-8-13)24-19(23-12)21-11-22-24/h7-11,15,17H,2-6H2,1H3,(H,21,22,23)/t17-/m0/s1. The maximum Gasteiger partial charge on any atom is 0.338 e. The molecule has 1 aliphatic carbocycles. The van der Waals surface area contributed by atoms with E-state index in [0.717, 1.165) is 41.4 Å². The number of aromatic nitrogens is 3. The van der Waals surface area contributed by atoms with Crippen LogP contribution < -0.4 is 5.32 Å². The third-order valence-corrected chi connectivity index (χ3v) is 5.55. The average Bonchev–Trinajstić information content (AvgIpc) is 3.10. The first-order chi connectivity index (χ1) is 12.6. The molecule has 2 heterocycles. The first-order valence-corrected chi connectivity index (χ1v) is 9.76. The topological polar surface area (TPSA) is 69.0 Å². The van der Waals surface area contributed by atoms with Crippen molar-refractivity contribution in [3.05, 3.63) is 51.9 Å². The van der Waals surface area contributed by atoms with Crippen molar-refractivity contribution in [3.63, 3.8) is 0 Å². The second kappa shape index (κ2) is 7.23. The Morgan fingerprint density at radius 3 is 2.69 bits per heavy atom. The van der Waals surface area contributed by atoms with Crippen LogP contribution in [0.15, 0.2) is 46.3 Å². The van der Waals surface area contributed by atoms with Gasteiger partial charge in [-0.1, -0.05) is 34.5 Å². The molecule has 0 unspecified atom stereocenters. The van der Waals surface area contributed by atoms with Gasteiger partial charge in [-0.15, -0.1) is 0 Å². The Morgan fingerprint density at radius 2 is 1.96 bits per heavy atom. The van der Waals surface area contributed by atoms with Crippen LogP contribution >= 0.6 is 15.9 Å². The van der Waals surface area contributed by atoms with Gasteiger partial charge in [0, 0.05) is 10.2 Å². The molecular formula is C19H21BrN4O2. The fraction of sp³-hybridized carbons (Fsp3) is 0.421. The third-order valence-electron chi connectivity index (χ3n) is 5.03. The van der Waals surface area contributed by atoms with Gasteiger partial charge in [-0.2, -0.15) is 10.1 Å². The summed E-state index contributed by atoms with van der Waals surface area (Å²) in [6, 6.07) is 7.57. The number of nitrogens with one attached hydrogen (secondary N) is 1. The Morgan fingerprint density at radius 1 is 1.23 bits per heavy atom. The number of carbonyl (C=O) groups is 1. The van der Waals surface area contributed by atoms with Crippen LogP contribution in [0.25, 0.3) is 0 Å². The van der Waals surface area contributed by atoms with Crippen LogP contribution in [-0.2, 0) is 9.53 Å². The Kier molecular flexibility index (Phi) is 4.80. The molecule has 2 aromatic rings. The van der Waals surface area contributed by atoms with Gasteiger partial charge in [0.1, 0.15) is 18.5 Å². The number of rotatable bonds is 3. The molecular weight excluding hydrogens is 396 g/mol. The molecule has 136 valence electrons. The molecule has 0 spiro atoms. The van der Waals surface area contributed by atoms with E-state index in [1.807, 2.05) is 31.2 Å². The van der Waals surface area contributed by atoms with Crippen molar-refractivity contribution >= 4 is 27.8 Å². The van der Waals surface area contributed by atoms with E-state index in [4.69, 9.17) is 4.74 Å². The maximum atomic E-state index is 13.1. The molecule has 0 radical (unpaired) electrons. The van der Waals surface area contributed by atoms with Crippen molar-refractivity contribution in [2.24, 2.45) is 0 Å². The number of carbonyl (C=O) groups excluding carboxylic acids is 1. The molecule has 1 aliphatic heterocycles. The monoisotopic (exact) mass is 416 g/mol. The second-order valence-electron chi connectivity index (χ2n) is 6.81. The average molecular weight is 417 g/mol. The molecule has 1 aromatic carbocycles. The van der Waals surface area contributed by atoms with Crippen LogP contribution in [0.3, 0.4) is 0 Å². The molecule has 26 heavy (non-hydrogen) atoms. The number of halogens is 1. The highest BCUT2D eigenvalue weighted by atomic mass is 79.9. The summed E-state index contributed by atoms with van der Waals surface area (Å²) in [7, 11) is 0. The van der Waals surface area contributed by atoms with Gasteiger partial charge in [-0.3, -0.25) is 0 Å². The molecule has 0 bridgehead atoms. The lowest BCUT2D eigenvalue weighted by Crippen LogP contribution is -2.32. The van der Waals surface area contributed by atoms with Crippen molar-refractivity contribution in [3.8, 4) is 0 Å². The minimum absolute atomic E-state index is 0.0132. The van der Waals surface area contributed by atoms with E-state index >= 15 is 0 Å². The second-order valence-corrected chi connectivity index (χ2v) is 7.73. The molecule has 7 heteroatoms.